The molecular weight excluding hydrogens is 339 g/mol. The van der Waals surface area contributed by atoms with Crippen molar-refractivity contribution in [1.82, 2.24) is 9.38 Å². The minimum Gasteiger partial charge on any atom is -0.476 e. The number of pyridine rings is 1. The predicted molar refractivity (Wildman–Crippen MR) is 71.3 cm³/mol. The van der Waals surface area contributed by atoms with Crippen molar-refractivity contribution in [1.29, 1.82) is 0 Å². The zero-order valence-electron chi connectivity index (χ0n) is 8.48. The van der Waals surface area contributed by atoms with Crippen LogP contribution in [-0.2, 0) is 0 Å². The fourth-order valence-electron chi connectivity index (χ4n) is 1.41. The Hall–Kier alpha value is -0.760. The molecule has 0 atom stereocenters. The van der Waals surface area contributed by atoms with Crippen molar-refractivity contribution in [2.75, 3.05) is 5.75 Å². The van der Waals surface area contributed by atoms with Gasteiger partial charge in [0.1, 0.15) is 10.7 Å². The number of halogens is 1. The van der Waals surface area contributed by atoms with Crippen LogP contribution in [0.5, 0.6) is 0 Å². The maximum atomic E-state index is 11.1. The second-order valence-corrected chi connectivity index (χ2v) is 5.58. The molecule has 2 heterocycles. The summed E-state index contributed by atoms with van der Waals surface area (Å²) in [4.78, 5) is 15.2. The highest BCUT2D eigenvalue weighted by Gasteiger charge is 2.17. The first-order valence-corrected chi connectivity index (χ1v) is 6.73. The van der Waals surface area contributed by atoms with E-state index in [9.17, 15) is 4.79 Å². The number of imidazole rings is 1. The second kappa shape index (κ2) is 4.62. The molecule has 16 heavy (non-hydrogen) atoms. The van der Waals surface area contributed by atoms with E-state index in [0.717, 1.165) is 9.32 Å². The molecule has 0 aliphatic rings. The molecule has 84 valence electrons. The summed E-state index contributed by atoms with van der Waals surface area (Å²) in [5.41, 5.74) is 0.814. The highest BCUT2D eigenvalue weighted by atomic mass is 127. The summed E-state index contributed by atoms with van der Waals surface area (Å²) >= 11 is 3.67. The fourth-order valence-corrected chi connectivity index (χ4v) is 2.69. The van der Waals surface area contributed by atoms with Crippen molar-refractivity contribution in [2.45, 2.75) is 11.9 Å². The first kappa shape index (κ1) is 11.7. The Labute approximate surface area is 110 Å². The first-order chi connectivity index (χ1) is 7.63. The van der Waals surface area contributed by atoms with Crippen molar-refractivity contribution in [3.05, 3.63) is 27.6 Å². The van der Waals surface area contributed by atoms with Crippen LogP contribution in [-0.4, -0.2) is 26.2 Å². The molecule has 0 amide bonds. The van der Waals surface area contributed by atoms with Gasteiger partial charge in [-0.15, -0.1) is 11.8 Å². The maximum Gasteiger partial charge on any atom is 0.357 e. The summed E-state index contributed by atoms with van der Waals surface area (Å²) < 4.78 is 2.86. The van der Waals surface area contributed by atoms with Crippen LogP contribution in [0.15, 0.2) is 23.4 Å². The quantitative estimate of drug-likeness (QED) is 0.685. The van der Waals surface area contributed by atoms with Gasteiger partial charge in [-0.25, -0.2) is 9.78 Å². The molecule has 0 saturated carbocycles. The summed E-state index contributed by atoms with van der Waals surface area (Å²) in [7, 11) is 0. The standard InChI is InChI=1S/C10H9IN2O2S/c1-2-16-9-8(10(14)15)12-7-5-6(11)3-4-13(7)9/h3-5H,2H2,1H3,(H,14,15). The largest absolute Gasteiger partial charge is 0.476 e. The first-order valence-electron chi connectivity index (χ1n) is 4.67. The molecule has 0 bridgehead atoms. The van der Waals surface area contributed by atoms with Crippen LogP contribution in [0.4, 0.5) is 0 Å². The Morgan fingerprint density at radius 2 is 2.44 bits per heavy atom. The number of hydrogen-bond acceptors (Lipinski definition) is 3. The number of carboxylic acids is 1. The topological polar surface area (TPSA) is 54.6 Å². The van der Waals surface area contributed by atoms with Crippen LogP contribution in [0.1, 0.15) is 17.4 Å². The van der Waals surface area contributed by atoms with Crippen LogP contribution >= 0.6 is 34.4 Å². The van der Waals surface area contributed by atoms with E-state index in [2.05, 4.69) is 27.6 Å². The number of hydrogen-bond donors (Lipinski definition) is 1. The number of thioether (sulfide) groups is 1. The molecule has 1 N–H and O–H groups in total. The molecule has 0 spiro atoms. The van der Waals surface area contributed by atoms with Gasteiger partial charge in [-0.1, -0.05) is 6.92 Å². The summed E-state index contributed by atoms with van der Waals surface area (Å²) in [6.45, 7) is 1.99. The third-order valence-corrected chi connectivity index (χ3v) is 3.65. The van der Waals surface area contributed by atoms with Gasteiger partial charge in [-0.3, -0.25) is 4.40 Å². The minimum absolute atomic E-state index is 0.133. The van der Waals surface area contributed by atoms with Crippen LogP contribution in [0, 0.1) is 3.57 Å². The normalized spacial score (nSPS) is 10.9. The van der Waals surface area contributed by atoms with Gasteiger partial charge in [0.05, 0.1) is 0 Å². The molecule has 6 heteroatoms. The van der Waals surface area contributed by atoms with E-state index in [4.69, 9.17) is 5.11 Å². The Balaban J connectivity index is 2.70. The SMILES string of the molecule is CCSc1c(C(=O)O)nc2cc(I)ccn12. The number of rotatable bonds is 3. The third-order valence-electron chi connectivity index (χ3n) is 2.03. The van der Waals surface area contributed by atoms with Gasteiger partial charge < -0.3 is 5.11 Å². The van der Waals surface area contributed by atoms with Crippen LogP contribution < -0.4 is 0 Å². The Kier molecular flexibility index (Phi) is 3.38. The van der Waals surface area contributed by atoms with Crippen molar-refractivity contribution in [3.8, 4) is 0 Å². The second-order valence-electron chi connectivity index (χ2n) is 3.08. The van der Waals surface area contributed by atoms with Crippen LogP contribution in [0.2, 0.25) is 0 Å². The van der Waals surface area contributed by atoms with E-state index >= 15 is 0 Å². The average Bonchev–Trinajstić information content (AvgIpc) is 2.57. The molecule has 0 aliphatic carbocycles. The number of aromatic carboxylic acids is 1. The highest BCUT2D eigenvalue weighted by molar-refractivity contribution is 14.1. The number of carboxylic acid groups (broad SMARTS) is 1. The monoisotopic (exact) mass is 348 g/mol. The van der Waals surface area contributed by atoms with Gasteiger partial charge >= 0.3 is 5.97 Å². The van der Waals surface area contributed by atoms with Crippen molar-refractivity contribution < 1.29 is 9.90 Å². The molecular formula is C10H9IN2O2S. The number of nitrogens with zero attached hydrogens (tertiary/aromatic N) is 2. The Bertz CT molecular complexity index is 553. The van der Waals surface area contributed by atoms with E-state index in [1.165, 1.54) is 11.8 Å². The van der Waals surface area contributed by atoms with Gasteiger partial charge in [-0.05, 0) is 40.5 Å². The van der Waals surface area contributed by atoms with Crippen LogP contribution in [0.25, 0.3) is 5.65 Å². The highest BCUT2D eigenvalue weighted by Crippen LogP contribution is 2.24. The molecule has 2 aromatic rings. The lowest BCUT2D eigenvalue weighted by Crippen LogP contribution is -1.99. The van der Waals surface area contributed by atoms with Crippen LogP contribution in [0.3, 0.4) is 0 Å². The molecule has 0 aromatic carbocycles. The number of aromatic nitrogens is 2. The predicted octanol–water partition coefficient (Wildman–Crippen LogP) is 2.75. The molecule has 2 aromatic heterocycles. The van der Waals surface area contributed by atoms with E-state index in [-0.39, 0.29) is 5.69 Å². The average molecular weight is 348 g/mol. The number of carbonyl (C=O) groups is 1. The zero-order valence-corrected chi connectivity index (χ0v) is 11.4. The summed E-state index contributed by atoms with van der Waals surface area (Å²) in [5, 5.41) is 9.77. The van der Waals surface area contributed by atoms with Gasteiger partial charge in [0.25, 0.3) is 0 Å². The summed E-state index contributed by atoms with van der Waals surface area (Å²) in [6, 6.07) is 3.80. The lowest BCUT2D eigenvalue weighted by atomic mass is 10.5. The molecule has 0 radical (unpaired) electrons. The van der Waals surface area contributed by atoms with Crippen molar-refractivity contribution in [2.24, 2.45) is 0 Å². The molecule has 2 rings (SSSR count). The Morgan fingerprint density at radius 3 is 3.06 bits per heavy atom. The number of fused-ring (bicyclic) bond motifs is 1. The van der Waals surface area contributed by atoms with E-state index in [1.807, 2.05) is 29.7 Å². The molecule has 0 unspecified atom stereocenters. The van der Waals surface area contributed by atoms with Crippen molar-refractivity contribution in [3.63, 3.8) is 0 Å². The Morgan fingerprint density at radius 1 is 1.69 bits per heavy atom. The molecule has 0 fully saturated rings. The lowest BCUT2D eigenvalue weighted by molar-refractivity contribution is 0.0687. The van der Waals surface area contributed by atoms with Gasteiger partial charge in [0.15, 0.2) is 5.69 Å². The lowest BCUT2D eigenvalue weighted by Gasteiger charge is -2.00. The van der Waals surface area contributed by atoms with Gasteiger partial charge in [-0.2, -0.15) is 0 Å². The van der Waals surface area contributed by atoms with Gasteiger partial charge in [0, 0.05) is 9.77 Å². The molecule has 4 nitrogen and oxygen atoms in total. The summed E-state index contributed by atoms with van der Waals surface area (Å²) in [5.74, 6) is -0.158. The fraction of sp³-hybridized carbons (Fsp3) is 0.200. The minimum atomic E-state index is -0.977. The summed E-state index contributed by atoms with van der Waals surface area (Å²) in [6.07, 6.45) is 1.86. The van der Waals surface area contributed by atoms with E-state index in [0.29, 0.717) is 10.7 Å². The smallest absolute Gasteiger partial charge is 0.357 e. The molecule has 0 saturated heterocycles. The maximum absolute atomic E-state index is 11.1. The third kappa shape index (κ3) is 2.03. The van der Waals surface area contributed by atoms with E-state index in [1.54, 1.807) is 0 Å². The van der Waals surface area contributed by atoms with Gasteiger partial charge in [0.2, 0.25) is 0 Å². The zero-order chi connectivity index (χ0) is 11.7. The molecule has 0 aliphatic heterocycles. The van der Waals surface area contributed by atoms with E-state index < -0.39 is 5.97 Å². The van der Waals surface area contributed by atoms with Crippen molar-refractivity contribution >= 4 is 46.0 Å².